The van der Waals surface area contributed by atoms with E-state index in [9.17, 15) is 34.1 Å². The maximum atomic E-state index is 13.6. The summed E-state index contributed by atoms with van der Waals surface area (Å²) in [5, 5.41) is 22.6. The molecule has 60 heavy (non-hydrogen) atoms. The van der Waals surface area contributed by atoms with Gasteiger partial charge in [0.1, 0.15) is 47.9 Å². The number of aromatic amines is 1. The molecule has 3 N–H and O–H groups in total. The zero-order valence-corrected chi connectivity index (χ0v) is 36.0. The second-order valence-electron chi connectivity index (χ2n) is 14.0. The van der Waals surface area contributed by atoms with E-state index in [1.54, 1.807) is 38.5 Å². The number of aliphatic hydroxyl groups is 1. The maximum Gasteiger partial charge on any atom is 1.00 e. The number of rotatable bonds is 15. The minimum absolute atomic E-state index is 0. The van der Waals surface area contributed by atoms with E-state index in [1.165, 1.54) is 19.3 Å². The van der Waals surface area contributed by atoms with Crippen molar-refractivity contribution in [2.45, 2.75) is 62.2 Å². The van der Waals surface area contributed by atoms with Crippen molar-refractivity contribution in [3.63, 3.8) is 0 Å². The van der Waals surface area contributed by atoms with Gasteiger partial charge in [0.05, 0.1) is 33.5 Å². The number of aryl methyl sites for hydroxylation is 1. The molecule has 7 rings (SSSR count). The van der Waals surface area contributed by atoms with Crippen LogP contribution in [0.15, 0.2) is 112 Å². The average Bonchev–Trinajstić information content (AvgIpc) is 3.80. The second kappa shape index (κ2) is 19.1. The molecule has 7 atom stereocenters. The van der Waals surface area contributed by atoms with Crippen LogP contribution < -0.4 is 61.1 Å². The smallest absolute Gasteiger partial charge is 0.858 e. The van der Waals surface area contributed by atoms with E-state index in [2.05, 4.69) is 9.97 Å². The first-order valence-corrected chi connectivity index (χ1v) is 20.0. The number of methoxy groups -OCH3 is 2. The van der Waals surface area contributed by atoms with Crippen molar-refractivity contribution < 1.29 is 82.0 Å². The number of phosphoric acid groups is 1. The van der Waals surface area contributed by atoms with Gasteiger partial charge in [0.25, 0.3) is 5.56 Å². The molecule has 4 heterocycles. The standard InChI is InChI=1S/C40H43N4O14P.Na/c1-24-21-44(39(49)42-37(24)47)35-19-30(45)32(56-35)23-55-59(50,51)58-31-20-36(43-18-17-34(46)41-38(43)48)57-33(31)22-54-40(25-7-5-4-6-8-25,26-9-13-28(52-2)14-10-26)27-11-15-29(53-3)16-12-27;/h4-18,21,30-33,35-36,45H,19-20,22-23H2,1-3H3,(H,50,51)(H,41,46,48)(H,42,47,49);/q;+1/p-1/t30-,31-,32+,33+,35+,36+;/m0./s1. The van der Waals surface area contributed by atoms with E-state index in [4.69, 9.17) is 32.7 Å². The number of aromatic nitrogens is 4. The Labute approximate surface area is 365 Å². The normalized spacial score (nSPS) is 22.5. The first kappa shape index (κ1) is 45.1. The summed E-state index contributed by atoms with van der Waals surface area (Å²) in [5.74, 6) is 0.458. The first-order chi connectivity index (χ1) is 28.3. The molecule has 5 aromatic rings. The van der Waals surface area contributed by atoms with Crippen molar-refractivity contribution in [2.24, 2.45) is 0 Å². The topological polar surface area (TPSA) is 235 Å². The third-order valence-electron chi connectivity index (χ3n) is 10.3. The average molecular weight is 857 g/mol. The maximum absolute atomic E-state index is 13.6. The number of aliphatic hydroxyl groups excluding tert-OH is 1. The van der Waals surface area contributed by atoms with Crippen molar-refractivity contribution in [3.8, 4) is 17.4 Å². The molecule has 0 amide bonds. The van der Waals surface area contributed by atoms with Gasteiger partial charge < -0.3 is 38.8 Å². The molecule has 3 aromatic carbocycles. The number of hydrogen-bond donors (Lipinski definition) is 3. The number of H-pyrrole nitrogens is 1. The molecule has 18 nitrogen and oxygen atoms in total. The van der Waals surface area contributed by atoms with Gasteiger partial charge in [0.15, 0.2) is 0 Å². The largest absolute Gasteiger partial charge is 1.00 e. The Morgan fingerprint density at radius 3 is 2.03 bits per heavy atom. The predicted octanol–water partition coefficient (Wildman–Crippen LogP) is -0.356. The summed E-state index contributed by atoms with van der Waals surface area (Å²) in [5.41, 5.74) is -1.21. The van der Waals surface area contributed by atoms with Gasteiger partial charge in [-0.3, -0.25) is 28.0 Å². The van der Waals surface area contributed by atoms with Gasteiger partial charge in [-0.15, -0.1) is 0 Å². The third kappa shape index (κ3) is 9.70. The molecule has 2 aromatic heterocycles. The van der Waals surface area contributed by atoms with Crippen LogP contribution in [-0.4, -0.2) is 81.0 Å². The second-order valence-corrected chi connectivity index (χ2v) is 15.4. The molecule has 0 bridgehead atoms. The molecule has 2 aliphatic rings. The minimum atomic E-state index is -4.99. The zero-order chi connectivity index (χ0) is 41.9. The monoisotopic (exact) mass is 856 g/mol. The van der Waals surface area contributed by atoms with Gasteiger partial charge in [0.2, 0.25) is 0 Å². The van der Waals surface area contributed by atoms with Gasteiger partial charge in [-0.25, -0.2) is 19.1 Å². The van der Waals surface area contributed by atoms with Crippen LogP contribution in [-0.2, 0) is 33.4 Å². The Balaban J connectivity index is 0.00000604. The van der Waals surface area contributed by atoms with E-state index < -0.39 is 79.7 Å². The fraction of sp³-hybridized carbons (Fsp3) is 0.350. The van der Waals surface area contributed by atoms with Gasteiger partial charge in [-0.1, -0.05) is 54.6 Å². The van der Waals surface area contributed by atoms with Crippen molar-refractivity contribution in [2.75, 3.05) is 27.4 Å². The Morgan fingerprint density at radius 2 is 1.43 bits per heavy atom. The molecular weight excluding hydrogens is 814 g/mol. The number of benzene rings is 3. The molecule has 312 valence electrons. The first-order valence-electron chi connectivity index (χ1n) is 18.5. The summed E-state index contributed by atoms with van der Waals surface area (Å²) in [6, 6.07) is 25.0. The Bertz CT molecular complexity index is 2420. The van der Waals surface area contributed by atoms with E-state index in [1.807, 2.05) is 54.6 Å². The molecular formula is C40H42N4NaO14P. The summed E-state index contributed by atoms with van der Waals surface area (Å²) in [6.07, 6.45) is -4.62. The van der Waals surface area contributed by atoms with E-state index in [0.717, 1.165) is 20.8 Å². The quantitative estimate of drug-likeness (QED) is 0.0693. The third-order valence-corrected chi connectivity index (χ3v) is 11.3. The van der Waals surface area contributed by atoms with Gasteiger partial charge in [-0.05, 0) is 59.8 Å². The zero-order valence-electron chi connectivity index (χ0n) is 33.1. The number of ether oxygens (including phenoxy) is 5. The summed E-state index contributed by atoms with van der Waals surface area (Å²) in [7, 11) is -1.88. The summed E-state index contributed by atoms with van der Waals surface area (Å²) < 4.78 is 56.9. The molecule has 0 spiro atoms. The molecule has 0 aliphatic carbocycles. The summed E-state index contributed by atoms with van der Waals surface area (Å²) in [6.45, 7) is 0.595. The molecule has 0 saturated carbocycles. The summed E-state index contributed by atoms with van der Waals surface area (Å²) >= 11 is 0. The fourth-order valence-corrected chi connectivity index (χ4v) is 8.20. The van der Waals surface area contributed by atoms with Crippen molar-refractivity contribution in [3.05, 3.63) is 151 Å². The van der Waals surface area contributed by atoms with Crippen LogP contribution in [0.4, 0.5) is 0 Å². The fourth-order valence-electron chi connectivity index (χ4n) is 7.23. The predicted molar refractivity (Wildman–Crippen MR) is 206 cm³/mol. The molecule has 1 unspecified atom stereocenters. The van der Waals surface area contributed by atoms with Crippen molar-refractivity contribution in [1.29, 1.82) is 0 Å². The molecule has 2 saturated heterocycles. The SMILES string of the molecule is COc1ccc(C(OC[C@H]2O[C@@H](n3ccc([O-])nc3=O)C[C@@H]2OP(=O)(O)OC[C@H]2O[C@@H](n3cc(C)c(=O)[nH]c3=O)C[C@@H]2O)(c2ccccc2)c2ccc(OC)cc2)cc1.[Na+]. The van der Waals surface area contributed by atoms with E-state index >= 15 is 0 Å². The van der Waals surface area contributed by atoms with Crippen LogP contribution in [0.2, 0.25) is 0 Å². The van der Waals surface area contributed by atoms with Crippen LogP contribution >= 0.6 is 7.82 Å². The van der Waals surface area contributed by atoms with Crippen LogP contribution in [0.3, 0.4) is 0 Å². The Hall–Kier alpha value is -4.43. The summed E-state index contributed by atoms with van der Waals surface area (Å²) in [4.78, 5) is 53.9. The number of nitrogens with one attached hydrogen (secondary N) is 1. The molecule has 2 aliphatic heterocycles. The molecule has 20 heteroatoms. The van der Waals surface area contributed by atoms with E-state index in [-0.39, 0.29) is 54.6 Å². The minimum Gasteiger partial charge on any atom is -0.858 e. The number of phosphoric ester groups is 1. The number of nitrogens with zero attached hydrogens (tertiary/aromatic N) is 3. The van der Waals surface area contributed by atoms with Gasteiger partial charge in [-0.2, -0.15) is 0 Å². The van der Waals surface area contributed by atoms with E-state index in [0.29, 0.717) is 22.6 Å². The van der Waals surface area contributed by atoms with Crippen molar-refractivity contribution in [1.82, 2.24) is 19.1 Å². The van der Waals surface area contributed by atoms with Crippen molar-refractivity contribution >= 4 is 7.82 Å². The number of hydrogen-bond acceptors (Lipinski definition) is 14. The molecule has 2 fully saturated rings. The van der Waals surface area contributed by atoms with Crippen LogP contribution in [0, 0.1) is 6.92 Å². The van der Waals surface area contributed by atoms with Gasteiger partial charge >= 0.3 is 48.8 Å². The Kier molecular flexibility index (Phi) is 14.4. The molecule has 0 radical (unpaired) electrons. The van der Waals surface area contributed by atoms with Crippen LogP contribution in [0.25, 0.3) is 0 Å². The Morgan fingerprint density at radius 1 is 0.850 bits per heavy atom. The van der Waals surface area contributed by atoms with Gasteiger partial charge in [0, 0.05) is 30.8 Å². The van der Waals surface area contributed by atoms with Crippen LogP contribution in [0.5, 0.6) is 17.4 Å². The van der Waals surface area contributed by atoms with Crippen LogP contribution in [0.1, 0.15) is 47.6 Å².